The summed E-state index contributed by atoms with van der Waals surface area (Å²) in [6, 6.07) is 12.8. The first-order valence-electron chi connectivity index (χ1n) is 8.55. The number of carbonyl (C=O) groups is 2. The lowest BCUT2D eigenvalue weighted by atomic mass is 10.1. The second-order valence-electron chi connectivity index (χ2n) is 6.27. The van der Waals surface area contributed by atoms with E-state index in [1.807, 2.05) is 38.1 Å². The van der Waals surface area contributed by atoms with Crippen molar-refractivity contribution in [2.24, 2.45) is 0 Å². The van der Waals surface area contributed by atoms with Gasteiger partial charge in [0.2, 0.25) is 5.91 Å². The van der Waals surface area contributed by atoms with Gasteiger partial charge in [-0.05, 0) is 56.7 Å². The number of benzene rings is 2. The minimum Gasteiger partial charge on any atom is -0.479 e. The number of ether oxygens (including phenoxy) is 1. The predicted octanol–water partition coefficient (Wildman–Crippen LogP) is 3.82. The van der Waals surface area contributed by atoms with E-state index in [2.05, 4.69) is 0 Å². The second kappa shape index (κ2) is 7.38. The average molecular weight is 373 g/mol. The first-order chi connectivity index (χ1) is 12.4. The van der Waals surface area contributed by atoms with E-state index in [4.69, 9.17) is 16.3 Å². The van der Waals surface area contributed by atoms with E-state index in [0.29, 0.717) is 23.0 Å². The van der Waals surface area contributed by atoms with Crippen LogP contribution in [0.2, 0.25) is 5.02 Å². The molecule has 1 aliphatic rings. The van der Waals surface area contributed by atoms with E-state index in [-0.39, 0.29) is 18.4 Å². The average Bonchev–Trinajstić information content (AvgIpc) is 2.60. The number of aryl methyl sites for hydroxylation is 1. The van der Waals surface area contributed by atoms with Gasteiger partial charge in [0.15, 0.2) is 6.10 Å². The third-order valence-corrected chi connectivity index (χ3v) is 4.59. The molecule has 0 aliphatic carbocycles. The van der Waals surface area contributed by atoms with Crippen LogP contribution in [0.5, 0.6) is 5.75 Å². The van der Waals surface area contributed by atoms with Crippen molar-refractivity contribution in [3.8, 4) is 5.75 Å². The fourth-order valence-corrected chi connectivity index (χ4v) is 3.23. The molecule has 0 radical (unpaired) electrons. The summed E-state index contributed by atoms with van der Waals surface area (Å²) >= 11 is 6.08. The summed E-state index contributed by atoms with van der Waals surface area (Å²) in [7, 11) is 0. The molecule has 2 aromatic carbocycles. The third kappa shape index (κ3) is 3.53. The number of fused-ring (bicyclic) bond motifs is 1. The van der Waals surface area contributed by atoms with Crippen LogP contribution >= 0.6 is 11.6 Å². The molecule has 0 spiro atoms. The summed E-state index contributed by atoms with van der Waals surface area (Å²) in [6.45, 7) is 6.01. The maximum absolute atomic E-state index is 13.0. The predicted molar refractivity (Wildman–Crippen MR) is 103 cm³/mol. The van der Waals surface area contributed by atoms with Gasteiger partial charge in [0, 0.05) is 17.3 Å². The Hall–Kier alpha value is -2.53. The molecule has 0 saturated heterocycles. The van der Waals surface area contributed by atoms with Crippen LogP contribution in [0.4, 0.5) is 11.4 Å². The molecule has 0 aromatic heterocycles. The van der Waals surface area contributed by atoms with Crippen molar-refractivity contribution in [3.05, 3.63) is 53.1 Å². The van der Waals surface area contributed by atoms with Crippen LogP contribution in [0.1, 0.15) is 19.4 Å². The van der Waals surface area contributed by atoms with Crippen molar-refractivity contribution in [2.45, 2.75) is 26.9 Å². The monoisotopic (exact) mass is 372 g/mol. The zero-order chi connectivity index (χ0) is 18.8. The van der Waals surface area contributed by atoms with Gasteiger partial charge < -0.3 is 9.64 Å². The van der Waals surface area contributed by atoms with Crippen molar-refractivity contribution in [1.82, 2.24) is 0 Å². The molecule has 26 heavy (non-hydrogen) atoms. The van der Waals surface area contributed by atoms with Crippen molar-refractivity contribution in [3.63, 3.8) is 0 Å². The second-order valence-corrected chi connectivity index (χ2v) is 6.71. The summed E-state index contributed by atoms with van der Waals surface area (Å²) in [5.41, 5.74) is 2.41. The number of carbonyl (C=O) groups excluding carboxylic acids is 2. The number of anilines is 2. The molecule has 1 unspecified atom stereocenters. The first kappa shape index (κ1) is 18.3. The number of hydrogen-bond acceptors (Lipinski definition) is 3. The molecule has 1 aliphatic heterocycles. The minimum absolute atomic E-state index is 0.0678. The summed E-state index contributed by atoms with van der Waals surface area (Å²) in [5.74, 6) is 0.132. The van der Waals surface area contributed by atoms with Crippen molar-refractivity contribution in [1.29, 1.82) is 0 Å². The highest BCUT2D eigenvalue weighted by atomic mass is 35.5. The van der Waals surface area contributed by atoms with E-state index >= 15 is 0 Å². The first-order valence-corrected chi connectivity index (χ1v) is 8.93. The van der Waals surface area contributed by atoms with E-state index in [1.54, 1.807) is 30.0 Å². The maximum Gasteiger partial charge on any atom is 0.268 e. The lowest BCUT2D eigenvalue weighted by Gasteiger charge is -2.34. The zero-order valence-corrected chi connectivity index (χ0v) is 15.8. The Labute approximate surface area is 158 Å². The van der Waals surface area contributed by atoms with Gasteiger partial charge in [0.25, 0.3) is 5.91 Å². The summed E-state index contributed by atoms with van der Waals surface area (Å²) in [6.07, 6.45) is -0.648. The van der Waals surface area contributed by atoms with Gasteiger partial charge in [-0.1, -0.05) is 23.7 Å². The van der Waals surface area contributed by atoms with E-state index in [9.17, 15) is 9.59 Å². The van der Waals surface area contributed by atoms with Gasteiger partial charge >= 0.3 is 0 Å². The van der Waals surface area contributed by atoms with E-state index in [0.717, 1.165) is 11.3 Å². The molecule has 2 aromatic rings. The normalized spacial score (nSPS) is 16.1. The van der Waals surface area contributed by atoms with Crippen LogP contribution in [0, 0.1) is 6.92 Å². The molecule has 0 N–H and O–H groups in total. The molecular formula is C20H21ClN2O3. The molecule has 0 fully saturated rings. The quantitative estimate of drug-likeness (QED) is 0.819. The maximum atomic E-state index is 13.0. The number of nitrogens with zero attached hydrogens (tertiary/aromatic N) is 2. The largest absolute Gasteiger partial charge is 0.479 e. The third-order valence-electron chi connectivity index (χ3n) is 4.35. The van der Waals surface area contributed by atoms with Crippen LogP contribution in [0.3, 0.4) is 0 Å². The number of halogens is 1. The number of likely N-dealkylation sites (N-methyl/N-ethyl adjacent to an activating group) is 1. The molecule has 5 nitrogen and oxygen atoms in total. The standard InChI is InChI=1S/C20H21ClN2O3/c1-4-22(16-7-5-6-13(2)10-16)19(24)12-23-17-11-15(21)8-9-18(17)26-14(3)20(23)25/h5-11,14H,4,12H2,1-3H3. The minimum atomic E-state index is -0.648. The van der Waals surface area contributed by atoms with Crippen molar-refractivity contribution in [2.75, 3.05) is 22.9 Å². The van der Waals surface area contributed by atoms with Gasteiger partial charge in [-0.25, -0.2) is 0 Å². The van der Waals surface area contributed by atoms with Gasteiger partial charge in [0.05, 0.1) is 5.69 Å². The summed E-state index contributed by atoms with van der Waals surface area (Å²) in [4.78, 5) is 28.7. The number of rotatable bonds is 4. The highest BCUT2D eigenvalue weighted by Gasteiger charge is 2.33. The summed E-state index contributed by atoms with van der Waals surface area (Å²) in [5, 5.41) is 0.484. The van der Waals surface area contributed by atoms with Crippen molar-refractivity contribution < 1.29 is 14.3 Å². The Bertz CT molecular complexity index is 853. The molecule has 6 heteroatoms. The zero-order valence-electron chi connectivity index (χ0n) is 15.0. The van der Waals surface area contributed by atoms with Crippen LogP contribution in [0.25, 0.3) is 0 Å². The van der Waals surface area contributed by atoms with Gasteiger partial charge in [0.1, 0.15) is 12.3 Å². The van der Waals surface area contributed by atoms with Gasteiger partial charge in [-0.15, -0.1) is 0 Å². The molecule has 1 atom stereocenters. The van der Waals surface area contributed by atoms with Gasteiger partial charge in [-0.3, -0.25) is 14.5 Å². The highest BCUT2D eigenvalue weighted by Crippen LogP contribution is 2.36. The lowest BCUT2D eigenvalue weighted by Crippen LogP contribution is -2.49. The Morgan fingerprint density at radius 1 is 1.27 bits per heavy atom. The van der Waals surface area contributed by atoms with Crippen LogP contribution in [0.15, 0.2) is 42.5 Å². The molecule has 2 amide bonds. The fourth-order valence-electron chi connectivity index (χ4n) is 3.06. The molecule has 0 saturated carbocycles. The molecular weight excluding hydrogens is 352 g/mol. The van der Waals surface area contributed by atoms with Crippen molar-refractivity contribution >= 4 is 34.8 Å². The molecule has 0 bridgehead atoms. The number of hydrogen-bond donors (Lipinski definition) is 0. The molecule has 3 rings (SSSR count). The topological polar surface area (TPSA) is 49.9 Å². The van der Waals surface area contributed by atoms with E-state index in [1.165, 1.54) is 4.90 Å². The van der Waals surface area contributed by atoms with E-state index < -0.39 is 6.10 Å². The Morgan fingerprint density at radius 2 is 2.04 bits per heavy atom. The fraction of sp³-hybridized carbons (Fsp3) is 0.300. The smallest absolute Gasteiger partial charge is 0.268 e. The van der Waals surface area contributed by atoms with Gasteiger partial charge in [-0.2, -0.15) is 0 Å². The number of amides is 2. The highest BCUT2D eigenvalue weighted by molar-refractivity contribution is 6.31. The Balaban J connectivity index is 1.90. The van der Waals surface area contributed by atoms with Crippen LogP contribution < -0.4 is 14.5 Å². The molecule has 1 heterocycles. The SMILES string of the molecule is CCN(C(=O)CN1C(=O)C(C)Oc2ccc(Cl)cc21)c1cccc(C)c1. The van der Waals surface area contributed by atoms with Crippen LogP contribution in [-0.4, -0.2) is 31.0 Å². The Morgan fingerprint density at radius 3 is 2.73 bits per heavy atom. The molecule has 136 valence electrons. The lowest BCUT2D eigenvalue weighted by molar-refractivity contribution is -0.127. The Kier molecular flexibility index (Phi) is 5.18. The summed E-state index contributed by atoms with van der Waals surface area (Å²) < 4.78 is 5.62. The van der Waals surface area contributed by atoms with Crippen LogP contribution in [-0.2, 0) is 9.59 Å².